The lowest BCUT2D eigenvalue weighted by Gasteiger charge is -2.16. The van der Waals surface area contributed by atoms with E-state index in [1.165, 1.54) is 6.92 Å². The zero-order chi connectivity index (χ0) is 16.4. The molecule has 0 amide bonds. The van der Waals surface area contributed by atoms with Gasteiger partial charge in [-0.15, -0.1) is 9.24 Å². The highest BCUT2D eigenvalue weighted by Gasteiger charge is 2.19. The van der Waals surface area contributed by atoms with Gasteiger partial charge < -0.3 is 0 Å². The van der Waals surface area contributed by atoms with Gasteiger partial charge in [0.05, 0.1) is 17.6 Å². The number of carbonyl (C=O) groups is 1. The lowest BCUT2D eigenvalue weighted by molar-refractivity contribution is 0.101. The van der Waals surface area contributed by atoms with Gasteiger partial charge in [0.15, 0.2) is 5.78 Å². The third kappa shape index (κ3) is 3.24. The van der Waals surface area contributed by atoms with Gasteiger partial charge in [-0.2, -0.15) is 0 Å². The molecule has 0 saturated carbocycles. The molecule has 0 aliphatic rings. The van der Waals surface area contributed by atoms with Gasteiger partial charge in [-0.1, -0.05) is 28.3 Å². The number of carbonyl (C=O) groups excluding carboxylic acids is 1. The van der Waals surface area contributed by atoms with Crippen molar-refractivity contribution >= 4 is 29.6 Å². The maximum absolute atomic E-state index is 13.9. The summed E-state index contributed by atoms with van der Waals surface area (Å²) in [6.45, 7) is 5.35. The predicted molar refractivity (Wildman–Crippen MR) is 94.5 cm³/mol. The molecule has 0 aliphatic heterocycles. The molecule has 0 fully saturated rings. The van der Waals surface area contributed by atoms with E-state index >= 15 is 0 Å². The fourth-order valence-corrected chi connectivity index (χ4v) is 3.02. The monoisotopic (exact) mass is 336 g/mol. The number of ketones is 1. The van der Waals surface area contributed by atoms with E-state index in [1.807, 2.05) is 19.9 Å². The molecule has 3 unspecified atom stereocenters. The van der Waals surface area contributed by atoms with E-state index in [4.69, 9.17) is 0 Å². The maximum atomic E-state index is 13.9. The van der Waals surface area contributed by atoms with E-state index < -0.39 is 5.91 Å². The van der Waals surface area contributed by atoms with Gasteiger partial charge in [0.2, 0.25) is 0 Å². The van der Waals surface area contributed by atoms with Crippen LogP contribution in [0.25, 0.3) is 11.3 Å². The summed E-state index contributed by atoms with van der Waals surface area (Å²) in [4.78, 5) is 20.6. The summed E-state index contributed by atoms with van der Waals surface area (Å²) >= 11 is 0. The van der Waals surface area contributed by atoms with Crippen LogP contribution in [0, 0.1) is 6.92 Å². The van der Waals surface area contributed by atoms with E-state index in [9.17, 15) is 9.18 Å². The molecule has 0 spiro atoms. The van der Waals surface area contributed by atoms with Crippen LogP contribution in [0.4, 0.5) is 4.39 Å². The normalized spacial score (nSPS) is 12.3. The van der Waals surface area contributed by atoms with Crippen molar-refractivity contribution in [1.82, 2.24) is 9.97 Å². The van der Waals surface area contributed by atoms with Gasteiger partial charge in [-0.3, -0.25) is 9.78 Å². The maximum Gasteiger partial charge on any atom is 0.180 e. The quantitative estimate of drug-likeness (QED) is 0.633. The Labute approximate surface area is 134 Å². The molecule has 0 N–H and O–H groups in total. The minimum atomic E-state index is -1.21. The van der Waals surface area contributed by atoms with Crippen LogP contribution in [0.1, 0.15) is 47.1 Å². The molecule has 1 aromatic carbocycles. The highest BCUT2D eigenvalue weighted by molar-refractivity contribution is 7.28. The zero-order valence-corrected chi connectivity index (χ0v) is 15.2. The number of hydrogen-bond acceptors (Lipinski definition) is 3. The number of benzene rings is 1. The topological polar surface area (TPSA) is 42.9 Å². The molecule has 116 valence electrons. The van der Waals surface area contributed by atoms with Gasteiger partial charge in [-0.05, 0) is 29.8 Å². The highest BCUT2D eigenvalue weighted by Crippen LogP contribution is 2.33. The van der Waals surface area contributed by atoms with Crippen molar-refractivity contribution in [2.75, 3.05) is 0 Å². The van der Waals surface area contributed by atoms with E-state index in [1.54, 1.807) is 12.3 Å². The minimum Gasteiger partial charge on any atom is -0.293 e. The van der Waals surface area contributed by atoms with Crippen LogP contribution in [0.5, 0.6) is 0 Å². The zero-order valence-electron chi connectivity index (χ0n) is 12.9. The van der Waals surface area contributed by atoms with Gasteiger partial charge in [0, 0.05) is 12.5 Å². The molecule has 6 heteroatoms. The summed E-state index contributed by atoms with van der Waals surface area (Å²) in [5.41, 5.74) is 3.77. The number of halogens is 1. The van der Waals surface area contributed by atoms with Crippen molar-refractivity contribution in [2.24, 2.45) is 0 Å². The van der Waals surface area contributed by atoms with Crippen molar-refractivity contribution in [3.8, 4) is 11.3 Å². The van der Waals surface area contributed by atoms with Crippen LogP contribution < -0.4 is 5.30 Å². The lowest BCUT2D eigenvalue weighted by Crippen LogP contribution is -2.11. The molecule has 3 atom stereocenters. The van der Waals surface area contributed by atoms with Gasteiger partial charge in [-0.25, -0.2) is 9.37 Å². The molecule has 0 saturated heterocycles. The average molecular weight is 336 g/mol. The predicted octanol–water partition coefficient (Wildman–Crippen LogP) is 3.56. The Bertz CT molecular complexity index is 732. The van der Waals surface area contributed by atoms with Crippen LogP contribution in [0.3, 0.4) is 0 Å². The fraction of sp³-hybridized carbons (Fsp3) is 0.312. The van der Waals surface area contributed by atoms with E-state index in [-0.39, 0.29) is 5.78 Å². The van der Waals surface area contributed by atoms with Gasteiger partial charge in [0.1, 0.15) is 11.6 Å². The Kier molecular flexibility index (Phi) is 5.36. The minimum absolute atomic E-state index is 0.131. The number of alkyl halides is 1. The van der Waals surface area contributed by atoms with Crippen molar-refractivity contribution in [1.29, 1.82) is 0 Å². The van der Waals surface area contributed by atoms with Crippen LogP contribution in [-0.2, 0) is 6.42 Å². The molecule has 22 heavy (non-hydrogen) atoms. The number of aryl methyl sites for hydroxylation is 2. The van der Waals surface area contributed by atoms with Crippen molar-refractivity contribution < 1.29 is 9.18 Å². The van der Waals surface area contributed by atoms with Crippen molar-refractivity contribution in [2.45, 2.75) is 33.1 Å². The molecule has 1 aromatic heterocycles. The summed E-state index contributed by atoms with van der Waals surface area (Å²) in [5, 5.41) is 0.871. The summed E-state index contributed by atoms with van der Waals surface area (Å²) in [6, 6.07) is 3.62. The summed E-state index contributed by atoms with van der Waals surface area (Å²) in [5.74, 6) is -1.34. The Morgan fingerprint density at radius 2 is 2.09 bits per heavy atom. The molecular weight excluding hydrogens is 317 g/mol. The van der Waals surface area contributed by atoms with E-state index in [0.717, 1.165) is 10.9 Å². The molecule has 0 radical (unpaired) electrons. The Balaban J connectivity index is 2.74. The van der Waals surface area contributed by atoms with Crippen LogP contribution >= 0.6 is 18.5 Å². The van der Waals surface area contributed by atoms with Crippen LogP contribution in [-0.4, -0.2) is 15.8 Å². The first kappa shape index (κ1) is 17.1. The molecule has 3 nitrogen and oxygen atoms in total. The van der Waals surface area contributed by atoms with E-state index in [2.05, 4.69) is 28.4 Å². The number of rotatable bonds is 4. The first-order valence-corrected chi connectivity index (χ1v) is 8.27. The summed E-state index contributed by atoms with van der Waals surface area (Å²) in [7, 11) is 4.79. The second-order valence-electron chi connectivity index (χ2n) is 5.12. The molecule has 1 heterocycles. The Hall–Kier alpha value is -1.24. The molecular formula is C16H19FN2OP2. The second kappa shape index (κ2) is 6.89. The number of Topliss-reactive ketones (excluding diaryl/α,β-unsaturated/α-hetero) is 1. The number of nitrogens with zero attached hydrogens (tertiary/aromatic N) is 2. The van der Waals surface area contributed by atoms with Gasteiger partial charge >= 0.3 is 0 Å². The smallest absolute Gasteiger partial charge is 0.180 e. The van der Waals surface area contributed by atoms with Crippen molar-refractivity contribution in [3.63, 3.8) is 0 Å². The first-order chi connectivity index (χ1) is 10.4. The van der Waals surface area contributed by atoms with Crippen LogP contribution in [0.15, 0.2) is 18.3 Å². The fourth-order valence-electron chi connectivity index (χ4n) is 2.33. The standard InChI is InChI=1S/C16H19FN2OP2/c1-4-11-14(9(3)20)19-12(7-18-11)13-10(16(17)22)6-5-8(2)15(13)21/h5-7,16H,4,21-22H2,1-3H3. The Morgan fingerprint density at radius 1 is 1.41 bits per heavy atom. The largest absolute Gasteiger partial charge is 0.293 e. The van der Waals surface area contributed by atoms with Gasteiger partial charge in [0.25, 0.3) is 0 Å². The Morgan fingerprint density at radius 3 is 2.64 bits per heavy atom. The average Bonchev–Trinajstić information content (AvgIpc) is 2.48. The number of aromatic nitrogens is 2. The third-order valence-electron chi connectivity index (χ3n) is 3.57. The molecule has 0 aliphatic carbocycles. The first-order valence-electron chi connectivity index (χ1n) is 7.02. The van der Waals surface area contributed by atoms with Crippen molar-refractivity contribution in [3.05, 3.63) is 40.8 Å². The summed E-state index contributed by atoms with van der Waals surface area (Å²) < 4.78 is 13.9. The third-order valence-corrected chi connectivity index (χ3v) is 4.67. The van der Waals surface area contributed by atoms with Crippen LogP contribution in [0.2, 0.25) is 0 Å². The molecule has 2 rings (SSSR count). The number of hydrogen-bond donors (Lipinski definition) is 0. The molecule has 2 aromatic rings. The SMILES string of the molecule is CCc1ncc(-c2c(C(F)P)ccc(C)c2P)nc1C(C)=O. The lowest BCUT2D eigenvalue weighted by atomic mass is 10.0. The highest BCUT2D eigenvalue weighted by atomic mass is 31.0. The van der Waals surface area contributed by atoms with E-state index in [0.29, 0.717) is 34.6 Å². The second-order valence-corrected chi connectivity index (χ2v) is 6.29. The molecule has 0 bridgehead atoms. The summed E-state index contributed by atoms with van der Waals surface area (Å²) in [6.07, 6.45) is 2.25.